The zero-order valence-corrected chi connectivity index (χ0v) is 12.5. The van der Waals surface area contributed by atoms with Gasteiger partial charge in [0, 0.05) is 24.7 Å². The normalized spacial score (nSPS) is 24.5. The fourth-order valence-electron chi connectivity index (χ4n) is 4.02. The second-order valence-electron chi connectivity index (χ2n) is 6.58. The third-order valence-electron chi connectivity index (χ3n) is 5.21. The minimum absolute atomic E-state index is 0.0559. The Kier molecular flexibility index (Phi) is 3.25. The van der Waals surface area contributed by atoms with Crippen LogP contribution in [0.3, 0.4) is 0 Å². The lowest BCUT2D eigenvalue weighted by molar-refractivity contribution is 0.0781. The lowest BCUT2D eigenvalue weighted by atomic mass is 9.82. The van der Waals surface area contributed by atoms with E-state index < -0.39 is 0 Å². The van der Waals surface area contributed by atoms with Crippen molar-refractivity contribution >= 4 is 16.8 Å². The van der Waals surface area contributed by atoms with E-state index in [0.717, 1.165) is 24.0 Å². The van der Waals surface area contributed by atoms with E-state index in [-0.39, 0.29) is 11.7 Å². The molecule has 1 amide bonds. The van der Waals surface area contributed by atoms with Gasteiger partial charge in [-0.2, -0.15) is 0 Å². The monoisotopic (exact) mass is 296 g/mol. The molecule has 1 saturated heterocycles. The number of hydrogen-bond donors (Lipinski definition) is 1. The Balaban J connectivity index is 1.64. The van der Waals surface area contributed by atoms with Crippen LogP contribution in [-0.4, -0.2) is 34.0 Å². The van der Waals surface area contributed by atoms with Gasteiger partial charge >= 0.3 is 0 Å². The van der Waals surface area contributed by atoms with E-state index in [1.165, 1.54) is 25.7 Å². The van der Waals surface area contributed by atoms with E-state index in [0.29, 0.717) is 17.4 Å². The van der Waals surface area contributed by atoms with Crippen LogP contribution < -0.4 is 0 Å². The molecule has 1 aromatic carbocycles. The Morgan fingerprint density at radius 3 is 2.64 bits per heavy atom. The molecule has 114 valence electrons. The van der Waals surface area contributed by atoms with E-state index in [9.17, 15) is 9.90 Å². The lowest BCUT2D eigenvalue weighted by Crippen LogP contribution is -2.29. The molecule has 0 radical (unpaired) electrons. The average Bonchev–Trinajstić information content (AvgIpc) is 2.97. The summed E-state index contributed by atoms with van der Waals surface area (Å²) in [6, 6.07) is 7.07. The van der Waals surface area contributed by atoms with Gasteiger partial charge < -0.3 is 10.0 Å². The summed E-state index contributed by atoms with van der Waals surface area (Å²) in [7, 11) is 0. The third kappa shape index (κ3) is 2.23. The van der Waals surface area contributed by atoms with Gasteiger partial charge in [0.2, 0.25) is 0 Å². The molecule has 1 aliphatic carbocycles. The number of carbonyl (C=O) groups is 1. The Morgan fingerprint density at radius 1 is 1.18 bits per heavy atom. The highest BCUT2D eigenvalue weighted by molar-refractivity contribution is 6.00. The third-order valence-corrected chi connectivity index (χ3v) is 5.21. The molecule has 2 heterocycles. The second kappa shape index (κ2) is 5.27. The molecule has 1 saturated carbocycles. The van der Waals surface area contributed by atoms with E-state index in [2.05, 4.69) is 4.98 Å². The molecule has 1 aromatic heterocycles. The van der Waals surface area contributed by atoms with Crippen molar-refractivity contribution in [1.29, 1.82) is 0 Å². The van der Waals surface area contributed by atoms with Crippen molar-refractivity contribution in [3.05, 3.63) is 36.0 Å². The summed E-state index contributed by atoms with van der Waals surface area (Å²) in [4.78, 5) is 19.0. The van der Waals surface area contributed by atoms with Crippen LogP contribution in [0.5, 0.6) is 5.75 Å². The summed E-state index contributed by atoms with van der Waals surface area (Å²) >= 11 is 0. The summed E-state index contributed by atoms with van der Waals surface area (Å²) in [5.41, 5.74) is 1.13. The number of aromatic nitrogens is 1. The van der Waals surface area contributed by atoms with Gasteiger partial charge in [0.25, 0.3) is 5.91 Å². The van der Waals surface area contributed by atoms with Crippen LogP contribution in [0.2, 0.25) is 0 Å². The Bertz CT molecular complexity index is 714. The minimum Gasteiger partial charge on any atom is -0.507 e. The average molecular weight is 296 g/mol. The Hall–Kier alpha value is -2.10. The minimum atomic E-state index is -0.0561. The summed E-state index contributed by atoms with van der Waals surface area (Å²) in [5, 5.41) is 11.1. The highest BCUT2D eigenvalue weighted by Gasteiger charge is 2.37. The molecule has 2 fully saturated rings. The van der Waals surface area contributed by atoms with Gasteiger partial charge in [0.05, 0.1) is 11.1 Å². The zero-order chi connectivity index (χ0) is 15.1. The van der Waals surface area contributed by atoms with Crippen LogP contribution in [0, 0.1) is 11.8 Å². The quantitative estimate of drug-likeness (QED) is 0.879. The van der Waals surface area contributed by atoms with Crippen LogP contribution in [0.1, 0.15) is 36.0 Å². The first kappa shape index (κ1) is 13.6. The first-order chi connectivity index (χ1) is 10.7. The summed E-state index contributed by atoms with van der Waals surface area (Å²) in [6.07, 6.45) is 6.75. The molecule has 2 atom stereocenters. The summed E-state index contributed by atoms with van der Waals surface area (Å²) in [6.45, 7) is 1.67. The van der Waals surface area contributed by atoms with Crippen LogP contribution >= 0.6 is 0 Å². The first-order valence-corrected chi connectivity index (χ1v) is 8.09. The summed E-state index contributed by atoms with van der Waals surface area (Å²) in [5.74, 6) is 1.30. The van der Waals surface area contributed by atoms with E-state index >= 15 is 0 Å². The van der Waals surface area contributed by atoms with Crippen molar-refractivity contribution < 1.29 is 9.90 Å². The van der Waals surface area contributed by atoms with Crippen molar-refractivity contribution in [2.45, 2.75) is 25.7 Å². The van der Waals surface area contributed by atoms with Gasteiger partial charge in [0.15, 0.2) is 0 Å². The van der Waals surface area contributed by atoms with Crippen LogP contribution in [0.4, 0.5) is 0 Å². The van der Waals surface area contributed by atoms with Crippen LogP contribution in [0.25, 0.3) is 10.9 Å². The van der Waals surface area contributed by atoms with E-state index in [4.69, 9.17) is 0 Å². The number of hydrogen-bond acceptors (Lipinski definition) is 3. The molecule has 0 bridgehead atoms. The smallest absolute Gasteiger partial charge is 0.257 e. The molecular weight excluding hydrogens is 276 g/mol. The number of carbonyl (C=O) groups excluding carboxylic acids is 1. The number of pyridine rings is 1. The number of fused-ring (bicyclic) bond motifs is 2. The number of likely N-dealkylation sites (tertiary alicyclic amines) is 1. The SMILES string of the molecule is O=C(c1cc2ncccc2cc1O)N1CC2CCCCC2C1. The predicted molar refractivity (Wildman–Crippen MR) is 84.8 cm³/mol. The number of phenolic OH excluding ortho intramolecular Hbond substituents is 1. The fraction of sp³-hybridized carbons (Fsp3) is 0.444. The van der Waals surface area contributed by atoms with Gasteiger partial charge in [-0.25, -0.2) is 0 Å². The molecule has 2 unspecified atom stereocenters. The highest BCUT2D eigenvalue weighted by Crippen LogP contribution is 2.37. The topological polar surface area (TPSA) is 53.4 Å². The largest absolute Gasteiger partial charge is 0.507 e. The Morgan fingerprint density at radius 2 is 1.91 bits per heavy atom. The molecule has 4 rings (SSSR count). The van der Waals surface area contributed by atoms with Crippen molar-refractivity contribution in [2.75, 3.05) is 13.1 Å². The molecule has 2 aromatic rings. The standard InChI is InChI=1S/C18H20N2O2/c21-17-8-12-6-3-7-19-16(12)9-15(17)18(22)20-10-13-4-1-2-5-14(13)11-20/h3,6-9,13-14,21H,1-2,4-5,10-11H2. The summed E-state index contributed by atoms with van der Waals surface area (Å²) < 4.78 is 0. The highest BCUT2D eigenvalue weighted by atomic mass is 16.3. The molecule has 4 heteroatoms. The molecule has 1 N–H and O–H groups in total. The molecular formula is C18H20N2O2. The number of amides is 1. The van der Waals surface area contributed by atoms with Gasteiger partial charge in [-0.3, -0.25) is 9.78 Å². The van der Waals surface area contributed by atoms with Gasteiger partial charge in [-0.05, 0) is 42.9 Å². The van der Waals surface area contributed by atoms with Gasteiger partial charge in [-0.15, -0.1) is 0 Å². The fourth-order valence-corrected chi connectivity index (χ4v) is 4.02. The number of nitrogens with zero attached hydrogens (tertiary/aromatic N) is 2. The maximum atomic E-state index is 12.8. The van der Waals surface area contributed by atoms with Crippen LogP contribution in [-0.2, 0) is 0 Å². The molecule has 1 aliphatic heterocycles. The maximum absolute atomic E-state index is 12.8. The van der Waals surface area contributed by atoms with Gasteiger partial charge in [-0.1, -0.05) is 18.9 Å². The lowest BCUT2D eigenvalue weighted by Gasteiger charge is -2.22. The molecule has 22 heavy (non-hydrogen) atoms. The van der Waals surface area contributed by atoms with E-state index in [1.54, 1.807) is 18.3 Å². The number of phenols is 1. The van der Waals surface area contributed by atoms with Crippen molar-refractivity contribution in [3.8, 4) is 5.75 Å². The maximum Gasteiger partial charge on any atom is 0.257 e. The molecule has 4 nitrogen and oxygen atoms in total. The number of rotatable bonds is 1. The Labute approximate surface area is 129 Å². The zero-order valence-electron chi connectivity index (χ0n) is 12.5. The van der Waals surface area contributed by atoms with Gasteiger partial charge in [0.1, 0.15) is 5.75 Å². The van der Waals surface area contributed by atoms with Crippen LogP contribution in [0.15, 0.2) is 30.5 Å². The van der Waals surface area contributed by atoms with E-state index in [1.807, 2.05) is 17.0 Å². The van der Waals surface area contributed by atoms with Crippen molar-refractivity contribution in [2.24, 2.45) is 11.8 Å². The predicted octanol–water partition coefficient (Wildman–Crippen LogP) is 3.20. The van der Waals surface area contributed by atoms with Crippen molar-refractivity contribution in [1.82, 2.24) is 9.88 Å². The first-order valence-electron chi connectivity index (χ1n) is 8.09. The second-order valence-corrected chi connectivity index (χ2v) is 6.58. The number of aromatic hydroxyl groups is 1. The van der Waals surface area contributed by atoms with Crippen molar-refractivity contribution in [3.63, 3.8) is 0 Å². The molecule has 0 spiro atoms. The number of benzene rings is 1. The molecule has 2 aliphatic rings.